The Kier molecular flexibility index (Phi) is 5.47. The Balaban J connectivity index is 1.73. The van der Waals surface area contributed by atoms with Crippen LogP contribution in [-0.2, 0) is 16.2 Å². The molecule has 0 unspecified atom stereocenters. The van der Waals surface area contributed by atoms with Crippen LogP contribution in [0.4, 0.5) is 19.0 Å². The Morgan fingerprint density at radius 1 is 1.06 bits per heavy atom. The molecule has 12 heteroatoms. The summed E-state index contributed by atoms with van der Waals surface area (Å²) in [5, 5.41) is 4.72. The summed E-state index contributed by atoms with van der Waals surface area (Å²) in [5.74, 6) is 0.556. The third kappa shape index (κ3) is 4.21. The van der Waals surface area contributed by atoms with E-state index in [0.717, 1.165) is 12.1 Å². The average Bonchev–Trinajstić information content (AvgIpc) is 3.22. The minimum Gasteiger partial charge on any atom is -0.495 e. The molecule has 4 rings (SSSR count). The molecule has 0 aliphatic carbocycles. The normalized spacial score (nSPS) is 12.2. The standard InChI is InChI=1S/C20H14ClF3N4O3S/c1-31-14-8-12(10-25-11-14)17-9-18-16(21)6-7-19(28(18)26-17)27-32(29,30)15-4-2-13(3-5-15)20(22,23)24/h2-11,27H,1H3. The van der Waals surface area contributed by atoms with Crippen molar-refractivity contribution in [3.63, 3.8) is 0 Å². The molecule has 1 N–H and O–H groups in total. The van der Waals surface area contributed by atoms with Crippen LogP contribution >= 0.6 is 11.6 Å². The number of ether oxygens (including phenoxy) is 1. The molecule has 0 atom stereocenters. The Morgan fingerprint density at radius 2 is 1.78 bits per heavy atom. The van der Waals surface area contributed by atoms with Crippen LogP contribution in [0.5, 0.6) is 5.75 Å². The van der Waals surface area contributed by atoms with E-state index in [4.69, 9.17) is 16.3 Å². The van der Waals surface area contributed by atoms with Gasteiger partial charge in [0.1, 0.15) is 11.6 Å². The van der Waals surface area contributed by atoms with Gasteiger partial charge in [0.15, 0.2) is 0 Å². The predicted molar refractivity (Wildman–Crippen MR) is 112 cm³/mol. The Morgan fingerprint density at radius 3 is 2.44 bits per heavy atom. The molecule has 1 aromatic carbocycles. The second kappa shape index (κ2) is 7.99. The fourth-order valence-corrected chi connectivity index (χ4v) is 4.19. The Hall–Kier alpha value is -3.31. The molecule has 7 nitrogen and oxygen atoms in total. The lowest BCUT2D eigenvalue weighted by Crippen LogP contribution is -2.16. The van der Waals surface area contributed by atoms with E-state index in [1.54, 1.807) is 18.3 Å². The quantitative estimate of drug-likeness (QED) is 0.438. The summed E-state index contributed by atoms with van der Waals surface area (Å²) in [6.07, 6.45) is -1.49. The third-order valence-electron chi connectivity index (χ3n) is 4.55. The Labute approximate surface area is 185 Å². The number of benzene rings is 1. The second-order valence-corrected chi connectivity index (χ2v) is 8.72. The topological polar surface area (TPSA) is 85.6 Å². The number of hydrogen-bond acceptors (Lipinski definition) is 5. The summed E-state index contributed by atoms with van der Waals surface area (Å²) in [4.78, 5) is 3.74. The summed E-state index contributed by atoms with van der Waals surface area (Å²) in [7, 11) is -2.70. The number of methoxy groups -OCH3 is 1. The minimum absolute atomic E-state index is 0.0476. The van der Waals surface area contributed by atoms with E-state index in [0.29, 0.717) is 39.7 Å². The van der Waals surface area contributed by atoms with Gasteiger partial charge in [0.25, 0.3) is 10.0 Å². The number of nitrogens with one attached hydrogen (secondary N) is 1. The highest BCUT2D eigenvalue weighted by atomic mass is 35.5. The van der Waals surface area contributed by atoms with Gasteiger partial charge in [-0.1, -0.05) is 11.6 Å². The van der Waals surface area contributed by atoms with Crippen molar-refractivity contribution in [1.82, 2.24) is 14.6 Å². The molecule has 0 amide bonds. The van der Waals surface area contributed by atoms with Crippen LogP contribution in [0.15, 0.2) is 65.8 Å². The van der Waals surface area contributed by atoms with Gasteiger partial charge >= 0.3 is 6.18 Å². The largest absolute Gasteiger partial charge is 0.495 e. The van der Waals surface area contributed by atoms with Crippen LogP contribution in [0, 0.1) is 0 Å². The summed E-state index contributed by atoms with van der Waals surface area (Å²) in [5.41, 5.74) is 0.534. The van der Waals surface area contributed by atoms with Crippen molar-refractivity contribution in [3.8, 4) is 17.0 Å². The fraction of sp³-hybridized carbons (Fsp3) is 0.100. The van der Waals surface area contributed by atoms with E-state index in [9.17, 15) is 21.6 Å². The molecule has 0 aliphatic heterocycles. The number of pyridine rings is 2. The monoisotopic (exact) mass is 482 g/mol. The number of halogens is 4. The molecule has 0 fully saturated rings. The van der Waals surface area contributed by atoms with Gasteiger partial charge in [-0.15, -0.1) is 0 Å². The maximum absolute atomic E-state index is 12.8. The maximum Gasteiger partial charge on any atom is 0.416 e. The van der Waals surface area contributed by atoms with Crippen LogP contribution < -0.4 is 9.46 Å². The van der Waals surface area contributed by atoms with E-state index in [1.165, 1.54) is 30.0 Å². The van der Waals surface area contributed by atoms with Crippen LogP contribution in [0.1, 0.15) is 5.56 Å². The van der Waals surface area contributed by atoms with Gasteiger partial charge in [0, 0.05) is 11.8 Å². The number of fused-ring (bicyclic) bond motifs is 1. The molecule has 0 bridgehead atoms. The van der Waals surface area contributed by atoms with Gasteiger partial charge in [0.2, 0.25) is 0 Å². The van der Waals surface area contributed by atoms with Gasteiger partial charge in [-0.25, -0.2) is 12.9 Å². The zero-order chi connectivity index (χ0) is 23.1. The molecule has 0 aliphatic rings. The average molecular weight is 483 g/mol. The molecule has 32 heavy (non-hydrogen) atoms. The molecule has 3 heterocycles. The van der Waals surface area contributed by atoms with E-state index in [1.807, 2.05) is 0 Å². The van der Waals surface area contributed by atoms with Crippen molar-refractivity contribution in [2.45, 2.75) is 11.1 Å². The number of aromatic nitrogens is 3. The van der Waals surface area contributed by atoms with Gasteiger partial charge in [-0.3, -0.25) is 9.71 Å². The van der Waals surface area contributed by atoms with Gasteiger partial charge in [-0.05, 0) is 48.5 Å². The fourth-order valence-electron chi connectivity index (χ4n) is 2.95. The minimum atomic E-state index is -4.57. The first-order valence-corrected chi connectivity index (χ1v) is 10.8. The molecule has 0 saturated carbocycles. The van der Waals surface area contributed by atoms with E-state index >= 15 is 0 Å². The van der Waals surface area contributed by atoms with Gasteiger partial charge in [-0.2, -0.15) is 18.3 Å². The molecular formula is C20H14ClF3N4O3S. The van der Waals surface area contributed by atoms with Crippen molar-refractivity contribution in [1.29, 1.82) is 0 Å². The lowest BCUT2D eigenvalue weighted by molar-refractivity contribution is -0.137. The number of rotatable bonds is 5. The third-order valence-corrected chi connectivity index (χ3v) is 6.24. The summed E-state index contributed by atoms with van der Waals surface area (Å²) in [6.45, 7) is 0. The highest BCUT2D eigenvalue weighted by Crippen LogP contribution is 2.31. The smallest absolute Gasteiger partial charge is 0.416 e. The number of anilines is 1. The van der Waals surface area contributed by atoms with Crippen LogP contribution in [0.25, 0.3) is 16.8 Å². The van der Waals surface area contributed by atoms with Gasteiger partial charge < -0.3 is 4.74 Å². The molecule has 3 aromatic heterocycles. The van der Waals surface area contributed by atoms with Crippen molar-refractivity contribution in [2.24, 2.45) is 0 Å². The number of sulfonamides is 1. The van der Waals surface area contributed by atoms with Crippen LogP contribution in [-0.4, -0.2) is 30.1 Å². The SMILES string of the molecule is COc1cncc(-c2cc3c(Cl)ccc(NS(=O)(=O)c4ccc(C(F)(F)F)cc4)n3n2)c1. The molecule has 4 aromatic rings. The highest BCUT2D eigenvalue weighted by molar-refractivity contribution is 7.92. The lowest BCUT2D eigenvalue weighted by atomic mass is 10.2. The summed E-state index contributed by atoms with van der Waals surface area (Å²) in [6, 6.07) is 9.41. The molecule has 0 saturated heterocycles. The first kappa shape index (κ1) is 21.9. The predicted octanol–water partition coefficient (Wildman–Crippen LogP) is 4.88. The van der Waals surface area contributed by atoms with E-state index < -0.39 is 21.8 Å². The van der Waals surface area contributed by atoms with E-state index in [-0.39, 0.29) is 10.7 Å². The van der Waals surface area contributed by atoms with Crippen molar-refractivity contribution >= 4 is 33.0 Å². The van der Waals surface area contributed by atoms with E-state index in [2.05, 4.69) is 14.8 Å². The molecule has 0 spiro atoms. The summed E-state index contributed by atoms with van der Waals surface area (Å²) < 4.78 is 72.6. The summed E-state index contributed by atoms with van der Waals surface area (Å²) >= 11 is 6.25. The van der Waals surface area contributed by atoms with Crippen LogP contribution in [0.3, 0.4) is 0 Å². The van der Waals surface area contributed by atoms with Crippen molar-refractivity contribution in [3.05, 3.63) is 71.5 Å². The first-order valence-electron chi connectivity index (χ1n) is 8.96. The number of alkyl halides is 3. The van der Waals surface area contributed by atoms with Crippen LogP contribution in [0.2, 0.25) is 5.02 Å². The molecule has 166 valence electrons. The maximum atomic E-state index is 12.8. The lowest BCUT2D eigenvalue weighted by Gasteiger charge is -2.11. The zero-order valence-electron chi connectivity index (χ0n) is 16.3. The second-order valence-electron chi connectivity index (χ2n) is 6.63. The Bertz CT molecular complexity index is 1400. The zero-order valence-corrected chi connectivity index (χ0v) is 17.8. The highest BCUT2D eigenvalue weighted by Gasteiger charge is 2.30. The van der Waals surface area contributed by atoms with Gasteiger partial charge in [0.05, 0.1) is 40.0 Å². The molecular weight excluding hydrogens is 469 g/mol. The molecule has 0 radical (unpaired) electrons. The number of nitrogens with zero attached hydrogens (tertiary/aromatic N) is 3. The number of hydrogen-bond donors (Lipinski definition) is 1. The van der Waals surface area contributed by atoms with Crippen molar-refractivity contribution in [2.75, 3.05) is 11.8 Å². The first-order chi connectivity index (χ1) is 15.1. The van der Waals surface area contributed by atoms with Crippen molar-refractivity contribution < 1.29 is 26.3 Å².